The fourth-order valence-corrected chi connectivity index (χ4v) is 5.04. The van der Waals surface area contributed by atoms with Crippen molar-refractivity contribution in [1.82, 2.24) is 4.90 Å². The van der Waals surface area contributed by atoms with Crippen LogP contribution in [0.4, 0.5) is 5.69 Å². The number of ether oxygens (including phenoxy) is 1. The average Bonchev–Trinajstić information content (AvgIpc) is 3.06. The van der Waals surface area contributed by atoms with Gasteiger partial charge in [0.15, 0.2) is 6.61 Å². The number of hydrogen-bond acceptors (Lipinski definition) is 5. The van der Waals surface area contributed by atoms with Crippen LogP contribution < -0.4 is 5.32 Å². The van der Waals surface area contributed by atoms with Crippen LogP contribution in [0.3, 0.4) is 0 Å². The highest BCUT2D eigenvalue weighted by atomic mass is 79.9. The number of amides is 3. The van der Waals surface area contributed by atoms with Crippen molar-refractivity contribution in [2.75, 3.05) is 18.5 Å². The van der Waals surface area contributed by atoms with Gasteiger partial charge in [0.1, 0.15) is 0 Å². The lowest BCUT2D eigenvalue weighted by atomic mass is 10.1. The van der Waals surface area contributed by atoms with Crippen molar-refractivity contribution in [2.24, 2.45) is 0 Å². The fraction of sp³-hybridized carbons (Fsp3) is 0.273. The number of halogens is 6. The maximum absolute atomic E-state index is 12.7. The molecule has 0 radical (unpaired) electrons. The zero-order valence-corrected chi connectivity index (χ0v) is 23.1. The molecule has 35 heavy (non-hydrogen) atoms. The number of unbranched alkanes of at least 4 members (excludes halogenated alkanes) is 2. The number of rotatable bonds is 9. The lowest BCUT2D eigenvalue weighted by Crippen LogP contribution is -2.30. The Morgan fingerprint density at radius 2 is 1.49 bits per heavy atom. The van der Waals surface area contributed by atoms with Crippen LogP contribution in [0.25, 0.3) is 0 Å². The average molecular weight is 646 g/mol. The van der Waals surface area contributed by atoms with Gasteiger partial charge in [-0.1, -0.05) is 80.4 Å². The maximum Gasteiger partial charge on any atom is 0.306 e. The van der Waals surface area contributed by atoms with E-state index in [1.807, 2.05) is 0 Å². The topological polar surface area (TPSA) is 92.8 Å². The molecule has 0 aliphatic carbocycles. The van der Waals surface area contributed by atoms with Gasteiger partial charge in [0.2, 0.25) is 0 Å². The number of benzene rings is 2. The van der Waals surface area contributed by atoms with Crippen LogP contribution in [0.1, 0.15) is 46.4 Å². The summed E-state index contributed by atoms with van der Waals surface area (Å²) >= 11 is 33.5. The standard InChI is InChI=1S/C22H16BrCl5N2O5/c23-10-5-6-12(11(24)8-10)29-13(31)9-35-14(32)4-2-1-3-7-30-21(33)15-16(22(30)34)18(26)20(28)19(27)17(15)25/h5-6,8H,1-4,7,9H2,(H,29,31). The molecule has 13 heteroatoms. The van der Waals surface area contributed by atoms with Crippen molar-refractivity contribution in [1.29, 1.82) is 0 Å². The smallest absolute Gasteiger partial charge is 0.306 e. The highest BCUT2D eigenvalue weighted by Crippen LogP contribution is 2.44. The molecular formula is C22H16BrCl5N2O5. The lowest BCUT2D eigenvalue weighted by molar-refractivity contribution is -0.147. The largest absolute Gasteiger partial charge is 0.456 e. The summed E-state index contributed by atoms with van der Waals surface area (Å²) in [5.74, 6) is -2.28. The second-order valence-electron chi connectivity index (χ2n) is 7.41. The van der Waals surface area contributed by atoms with Gasteiger partial charge in [0.05, 0.1) is 41.9 Å². The van der Waals surface area contributed by atoms with Gasteiger partial charge in [0, 0.05) is 17.4 Å². The number of anilines is 1. The van der Waals surface area contributed by atoms with Crippen molar-refractivity contribution in [3.8, 4) is 0 Å². The van der Waals surface area contributed by atoms with E-state index in [1.54, 1.807) is 18.2 Å². The summed E-state index contributed by atoms with van der Waals surface area (Å²) in [4.78, 5) is 50.2. The lowest BCUT2D eigenvalue weighted by Gasteiger charge is -2.13. The van der Waals surface area contributed by atoms with Crippen molar-refractivity contribution in [2.45, 2.75) is 25.7 Å². The minimum atomic E-state index is -0.605. The molecule has 0 saturated heterocycles. The Labute approximate surface area is 234 Å². The number of hydrogen-bond donors (Lipinski definition) is 1. The SMILES string of the molecule is O=C(COC(=O)CCCCCN1C(=O)c2c(Cl)c(Cl)c(Cl)c(Cl)c2C1=O)Nc1ccc(Br)cc1Cl. The van der Waals surface area contributed by atoms with E-state index in [-0.39, 0.29) is 44.2 Å². The summed E-state index contributed by atoms with van der Waals surface area (Å²) in [6, 6.07) is 4.95. The third-order valence-electron chi connectivity index (χ3n) is 5.02. The first-order valence-corrected chi connectivity index (χ1v) is 12.8. The van der Waals surface area contributed by atoms with E-state index in [0.29, 0.717) is 30.0 Å². The molecule has 2 aromatic rings. The minimum absolute atomic E-state index is 0.0668. The number of esters is 1. The molecule has 1 N–H and O–H groups in total. The van der Waals surface area contributed by atoms with Crippen molar-refractivity contribution < 1.29 is 23.9 Å². The molecule has 3 amide bonds. The number of carbonyl (C=O) groups excluding carboxylic acids is 4. The molecule has 1 aliphatic rings. The molecule has 0 saturated carbocycles. The summed E-state index contributed by atoms with van der Waals surface area (Å²) in [5, 5.41) is 2.48. The predicted molar refractivity (Wildman–Crippen MR) is 139 cm³/mol. The van der Waals surface area contributed by atoms with Crippen LogP contribution >= 0.6 is 73.9 Å². The van der Waals surface area contributed by atoms with Crippen LogP contribution in [-0.4, -0.2) is 41.7 Å². The van der Waals surface area contributed by atoms with Gasteiger partial charge in [-0.15, -0.1) is 0 Å². The number of carbonyl (C=O) groups is 4. The summed E-state index contributed by atoms with van der Waals surface area (Å²) < 4.78 is 5.73. The van der Waals surface area contributed by atoms with Gasteiger partial charge in [-0.05, 0) is 31.0 Å². The van der Waals surface area contributed by atoms with E-state index in [2.05, 4.69) is 21.2 Å². The third kappa shape index (κ3) is 6.42. The Kier molecular flexibility index (Phi) is 9.71. The zero-order valence-electron chi connectivity index (χ0n) is 17.7. The normalized spacial score (nSPS) is 12.7. The van der Waals surface area contributed by atoms with Crippen molar-refractivity contribution in [3.05, 3.63) is 58.9 Å². The predicted octanol–water partition coefficient (Wildman–Crippen LogP) is 7.05. The summed E-state index contributed by atoms with van der Waals surface area (Å²) in [5.41, 5.74) is 0.265. The fourth-order valence-electron chi connectivity index (χ4n) is 3.31. The second kappa shape index (κ2) is 12.1. The summed E-state index contributed by atoms with van der Waals surface area (Å²) in [6.45, 7) is -0.355. The second-order valence-corrected chi connectivity index (χ2v) is 10.2. The van der Waals surface area contributed by atoms with E-state index in [4.69, 9.17) is 62.7 Å². The van der Waals surface area contributed by atoms with Gasteiger partial charge in [-0.2, -0.15) is 0 Å². The van der Waals surface area contributed by atoms with E-state index in [1.165, 1.54) is 0 Å². The minimum Gasteiger partial charge on any atom is -0.456 e. The van der Waals surface area contributed by atoms with E-state index in [9.17, 15) is 19.2 Å². The molecule has 0 bridgehead atoms. The van der Waals surface area contributed by atoms with Gasteiger partial charge in [-0.3, -0.25) is 24.1 Å². The first-order valence-electron chi connectivity index (χ1n) is 10.2. The van der Waals surface area contributed by atoms with Crippen molar-refractivity contribution >= 4 is 103 Å². The van der Waals surface area contributed by atoms with Crippen molar-refractivity contribution in [3.63, 3.8) is 0 Å². The molecule has 7 nitrogen and oxygen atoms in total. The molecule has 186 valence electrons. The molecule has 2 aromatic carbocycles. The van der Waals surface area contributed by atoms with Crippen LogP contribution in [0.15, 0.2) is 22.7 Å². The molecule has 3 rings (SSSR count). The number of fused-ring (bicyclic) bond motifs is 1. The Balaban J connectivity index is 1.40. The Morgan fingerprint density at radius 3 is 2.06 bits per heavy atom. The molecular weight excluding hydrogens is 629 g/mol. The Hall–Kier alpha value is -1.55. The number of nitrogens with zero attached hydrogens (tertiary/aromatic N) is 1. The molecule has 1 aliphatic heterocycles. The highest BCUT2D eigenvalue weighted by molar-refractivity contribution is 9.10. The Morgan fingerprint density at radius 1 is 0.886 bits per heavy atom. The molecule has 0 fully saturated rings. The third-order valence-corrected chi connectivity index (χ3v) is 7.63. The molecule has 1 heterocycles. The van der Waals surface area contributed by atoms with E-state index >= 15 is 0 Å². The molecule has 0 aromatic heterocycles. The summed E-state index contributed by atoms with van der Waals surface area (Å²) in [7, 11) is 0. The van der Waals surface area contributed by atoms with E-state index in [0.717, 1.165) is 9.37 Å². The Bertz CT molecular complexity index is 1180. The van der Waals surface area contributed by atoms with Gasteiger partial charge in [-0.25, -0.2) is 0 Å². The quantitative estimate of drug-likeness (QED) is 0.104. The highest BCUT2D eigenvalue weighted by Gasteiger charge is 2.41. The van der Waals surface area contributed by atoms with Crippen LogP contribution in [0.2, 0.25) is 25.1 Å². The van der Waals surface area contributed by atoms with Gasteiger partial charge in [0.25, 0.3) is 17.7 Å². The number of imide groups is 1. The zero-order chi connectivity index (χ0) is 25.9. The monoisotopic (exact) mass is 642 g/mol. The van der Waals surface area contributed by atoms with Gasteiger partial charge >= 0.3 is 5.97 Å². The molecule has 0 spiro atoms. The van der Waals surface area contributed by atoms with Crippen LogP contribution in [-0.2, 0) is 14.3 Å². The van der Waals surface area contributed by atoms with E-state index < -0.39 is 30.3 Å². The van der Waals surface area contributed by atoms with Gasteiger partial charge < -0.3 is 10.1 Å². The molecule has 0 atom stereocenters. The molecule has 0 unspecified atom stereocenters. The summed E-state index contributed by atoms with van der Waals surface area (Å²) in [6.07, 6.45) is 1.45. The number of nitrogens with one attached hydrogen (secondary N) is 1. The maximum atomic E-state index is 12.7. The van der Waals surface area contributed by atoms with Crippen LogP contribution in [0, 0.1) is 0 Å². The van der Waals surface area contributed by atoms with Crippen LogP contribution in [0.5, 0.6) is 0 Å². The first-order chi connectivity index (χ1) is 16.5. The first kappa shape index (κ1) is 28.0.